The van der Waals surface area contributed by atoms with Gasteiger partial charge in [-0.1, -0.05) is 46.2 Å². The van der Waals surface area contributed by atoms with Gasteiger partial charge in [0.1, 0.15) is 36.0 Å². The Hall–Kier alpha value is -4.97. The highest BCUT2D eigenvalue weighted by atomic mass is 16.4. The number of hydrogen-bond donors (Lipinski definition) is 10. The second kappa shape index (κ2) is 21.7. The molecule has 1 unspecified atom stereocenters. The van der Waals surface area contributed by atoms with Gasteiger partial charge in [-0.25, -0.2) is 4.79 Å². The number of phenols is 1. The minimum absolute atomic E-state index is 0.00513. The molecule has 0 spiro atoms. The van der Waals surface area contributed by atoms with Crippen molar-refractivity contribution in [2.45, 2.75) is 122 Å². The minimum Gasteiger partial charge on any atom is -0.508 e. The van der Waals surface area contributed by atoms with Crippen LogP contribution in [0.15, 0.2) is 29.3 Å². The van der Waals surface area contributed by atoms with Crippen molar-refractivity contribution >= 4 is 41.5 Å². The van der Waals surface area contributed by atoms with E-state index in [1.54, 1.807) is 26.0 Å². The summed E-state index contributed by atoms with van der Waals surface area (Å²) in [4.78, 5) is 85.2. The van der Waals surface area contributed by atoms with Gasteiger partial charge in [-0.2, -0.15) is 0 Å². The fraction of sp³-hybridized carbons (Fsp3) is 0.639. The van der Waals surface area contributed by atoms with Crippen molar-refractivity contribution in [1.29, 1.82) is 0 Å². The van der Waals surface area contributed by atoms with E-state index in [1.807, 2.05) is 20.8 Å². The van der Waals surface area contributed by atoms with Gasteiger partial charge in [-0.05, 0) is 68.6 Å². The Bertz CT molecular complexity index is 1470. The van der Waals surface area contributed by atoms with E-state index in [4.69, 9.17) is 22.9 Å². The molecule has 54 heavy (non-hydrogen) atoms. The number of aliphatic imine (C=N–C) groups is 1. The second-order valence-electron chi connectivity index (χ2n) is 14.4. The highest BCUT2D eigenvalue weighted by molar-refractivity contribution is 5.97. The van der Waals surface area contributed by atoms with Crippen LogP contribution in [0.25, 0.3) is 0 Å². The number of phenolic OH excluding ortho intramolecular Hbond substituents is 1. The zero-order chi connectivity index (χ0) is 40.7. The number of nitrogens with zero attached hydrogens (tertiary/aromatic N) is 2. The Morgan fingerprint density at radius 3 is 2.07 bits per heavy atom. The van der Waals surface area contributed by atoms with Gasteiger partial charge < -0.3 is 59.3 Å². The number of rotatable bonds is 21. The lowest BCUT2D eigenvalue weighted by Gasteiger charge is -2.32. The molecule has 1 aliphatic rings. The third kappa shape index (κ3) is 14.1. The molecule has 1 saturated heterocycles. The summed E-state index contributed by atoms with van der Waals surface area (Å²) < 4.78 is 0. The average molecular weight is 761 g/mol. The zero-order valence-corrected chi connectivity index (χ0v) is 31.9. The summed E-state index contributed by atoms with van der Waals surface area (Å²) in [6.07, 6.45) is 1.98. The monoisotopic (exact) mass is 760 g/mol. The molecule has 302 valence electrons. The first-order chi connectivity index (χ1) is 25.4. The van der Waals surface area contributed by atoms with E-state index in [-0.39, 0.29) is 56.4 Å². The molecule has 14 N–H and O–H groups in total. The molecule has 18 heteroatoms. The number of aliphatic carboxylic acids is 1. The second-order valence-corrected chi connectivity index (χ2v) is 14.4. The van der Waals surface area contributed by atoms with Gasteiger partial charge in [-0.15, -0.1) is 0 Å². The van der Waals surface area contributed by atoms with E-state index in [0.717, 1.165) is 0 Å². The van der Waals surface area contributed by atoms with Crippen LogP contribution in [0, 0.1) is 11.8 Å². The van der Waals surface area contributed by atoms with E-state index in [1.165, 1.54) is 17.0 Å². The van der Waals surface area contributed by atoms with Crippen LogP contribution in [-0.4, -0.2) is 112 Å². The van der Waals surface area contributed by atoms with Crippen molar-refractivity contribution in [3.05, 3.63) is 29.8 Å². The maximum atomic E-state index is 14.0. The van der Waals surface area contributed by atoms with E-state index in [9.17, 15) is 39.0 Å². The molecule has 2 rings (SSSR count). The van der Waals surface area contributed by atoms with Crippen molar-refractivity contribution < 1.29 is 39.0 Å². The standard InChI is InChI=1S/C36H60N10O8/c1-6-20(4)28(33(51)43-26(35(53)54)17-19(2)3)44-31(49)25(18-22-11-13-23(47)14-12-22)42-32(50)27-10-8-16-46(27)34(52)29(21(5)37)45-30(48)24(38)9-7-15-41-36(39)40/h11-14,19-21,24-29,47H,6-10,15-18,37-38H2,1-5H3,(H,42,50)(H,43,51)(H,44,49)(H,45,48)(H,53,54)(H4,39,40,41)/t20-,21?,24-,25-,26-,27-,28-,29-/m0/s1. The summed E-state index contributed by atoms with van der Waals surface area (Å²) >= 11 is 0. The van der Waals surface area contributed by atoms with Gasteiger partial charge in [0, 0.05) is 25.6 Å². The normalized spacial score (nSPS) is 17.9. The molecular formula is C36H60N10O8. The molecule has 0 aromatic heterocycles. The van der Waals surface area contributed by atoms with Crippen LogP contribution in [0.1, 0.15) is 78.7 Å². The number of aromatic hydroxyl groups is 1. The number of nitrogens with two attached hydrogens (primary N) is 4. The quantitative estimate of drug-likeness (QED) is 0.0400. The number of likely N-dealkylation sites (tertiary alicyclic amines) is 1. The van der Waals surface area contributed by atoms with Crippen molar-refractivity contribution in [3.8, 4) is 5.75 Å². The van der Waals surface area contributed by atoms with Gasteiger partial charge in [0.05, 0.1) is 6.04 Å². The SMILES string of the molecule is CC[C@H](C)[C@H](NC(=O)[C@H](Cc1ccc(O)cc1)NC(=O)[C@@H]1CCCN1C(=O)[C@@H](NC(=O)[C@@H](N)CCCN=C(N)N)C(C)N)C(=O)N[C@@H](CC(C)C)C(=O)O. The number of benzene rings is 1. The fourth-order valence-corrected chi connectivity index (χ4v) is 6.07. The van der Waals surface area contributed by atoms with Crippen molar-refractivity contribution in [3.63, 3.8) is 0 Å². The van der Waals surface area contributed by atoms with Crippen LogP contribution in [-0.2, 0) is 35.2 Å². The highest BCUT2D eigenvalue weighted by Gasteiger charge is 2.41. The predicted octanol–water partition coefficient (Wildman–Crippen LogP) is -1.23. The first-order valence-electron chi connectivity index (χ1n) is 18.4. The van der Waals surface area contributed by atoms with E-state index >= 15 is 0 Å². The molecule has 1 fully saturated rings. The molecule has 0 radical (unpaired) electrons. The van der Waals surface area contributed by atoms with E-state index in [2.05, 4.69) is 26.3 Å². The Balaban J connectivity index is 2.30. The Kier molecular flexibility index (Phi) is 18.1. The number of carbonyl (C=O) groups is 6. The molecule has 1 aromatic rings. The number of amides is 5. The topological polar surface area (TPSA) is 311 Å². The molecule has 0 saturated carbocycles. The van der Waals surface area contributed by atoms with Gasteiger partial charge in [0.2, 0.25) is 29.5 Å². The predicted molar refractivity (Wildman–Crippen MR) is 202 cm³/mol. The lowest BCUT2D eigenvalue weighted by atomic mass is 9.96. The molecule has 0 bridgehead atoms. The third-order valence-electron chi connectivity index (χ3n) is 9.36. The maximum absolute atomic E-state index is 14.0. The van der Waals surface area contributed by atoms with Gasteiger partial charge in [0.15, 0.2) is 5.96 Å². The Morgan fingerprint density at radius 2 is 1.52 bits per heavy atom. The number of hydrogen-bond acceptors (Lipinski definition) is 10. The first kappa shape index (κ1) is 45.2. The molecule has 0 aliphatic carbocycles. The first-order valence-corrected chi connectivity index (χ1v) is 18.4. The van der Waals surface area contributed by atoms with Crippen LogP contribution < -0.4 is 44.2 Å². The fourth-order valence-electron chi connectivity index (χ4n) is 6.07. The van der Waals surface area contributed by atoms with Crippen LogP contribution in [0.3, 0.4) is 0 Å². The van der Waals surface area contributed by atoms with Crippen molar-refractivity contribution in [2.75, 3.05) is 13.1 Å². The van der Waals surface area contributed by atoms with Crippen LogP contribution in [0.5, 0.6) is 5.75 Å². The molecule has 1 aromatic carbocycles. The van der Waals surface area contributed by atoms with Gasteiger partial charge in [0.25, 0.3) is 0 Å². The average Bonchev–Trinajstić information content (AvgIpc) is 3.60. The van der Waals surface area contributed by atoms with E-state index in [0.29, 0.717) is 24.8 Å². The van der Waals surface area contributed by atoms with Gasteiger partial charge in [-0.3, -0.25) is 29.0 Å². The summed E-state index contributed by atoms with van der Waals surface area (Å²) in [6, 6.07) is -1.57. The smallest absolute Gasteiger partial charge is 0.326 e. The van der Waals surface area contributed by atoms with E-state index < -0.39 is 83.7 Å². The van der Waals surface area contributed by atoms with Crippen LogP contribution in [0.2, 0.25) is 0 Å². The summed E-state index contributed by atoms with van der Waals surface area (Å²) in [5.74, 6) is -4.96. The number of guanidine groups is 1. The number of carbonyl (C=O) groups excluding carboxylic acids is 5. The Morgan fingerprint density at radius 1 is 0.889 bits per heavy atom. The Labute approximate surface area is 316 Å². The summed E-state index contributed by atoms with van der Waals surface area (Å²) in [5.41, 5.74) is 23.4. The van der Waals surface area contributed by atoms with Crippen LogP contribution >= 0.6 is 0 Å². The van der Waals surface area contributed by atoms with Gasteiger partial charge >= 0.3 is 5.97 Å². The lowest BCUT2D eigenvalue weighted by molar-refractivity contribution is -0.143. The largest absolute Gasteiger partial charge is 0.508 e. The van der Waals surface area contributed by atoms with Crippen LogP contribution in [0.4, 0.5) is 0 Å². The number of nitrogens with one attached hydrogen (secondary N) is 4. The minimum atomic E-state index is -1.24. The maximum Gasteiger partial charge on any atom is 0.326 e. The molecule has 5 amide bonds. The third-order valence-corrected chi connectivity index (χ3v) is 9.36. The lowest BCUT2D eigenvalue weighted by Crippen LogP contribution is -2.62. The highest BCUT2D eigenvalue weighted by Crippen LogP contribution is 2.21. The molecule has 8 atom stereocenters. The van der Waals surface area contributed by atoms with Crippen molar-refractivity contribution in [1.82, 2.24) is 26.2 Å². The molecule has 1 heterocycles. The molecular weight excluding hydrogens is 700 g/mol. The summed E-state index contributed by atoms with van der Waals surface area (Å²) in [7, 11) is 0. The summed E-state index contributed by atoms with van der Waals surface area (Å²) in [5, 5.41) is 30.2. The zero-order valence-electron chi connectivity index (χ0n) is 31.9. The molecule has 18 nitrogen and oxygen atoms in total. The summed E-state index contributed by atoms with van der Waals surface area (Å²) in [6.45, 7) is 9.22. The van der Waals surface area contributed by atoms with Crippen molar-refractivity contribution in [2.24, 2.45) is 39.8 Å². The number of carboxylic acids is 1. The molecule has 1 aliphatic heterocycles. The number of carboxylic acid groups (broad SMARTS) is 1.